The molecule has 3 nitrogen and oxygen atoms in total. The molecule has 3 heterocycles. The zero-order chi connectivity index (χ0) is 12.8. The van der Waals surface area contributed by atoms with E-state index in [1.165, 1.54) is 11.3 Å². The maximum atomic E-state index is 5.97. The van der Waals surface area contributed by atoms with E-state index in [9.17, 15) is 0 Å². The van der Waals surface area contributed by atoms with E-state index in [0.29, 0.717) is 0 Å². The Labute approximate surface area is 117 Å². The molecule has 0 fully saturated rings. The summed E-state index contributed by atoms with van der Waals surface area (Å²) < 4.78 is 0.762. The number of hydrogen-bond acceptors (Lipinski definition) is 3. The molecule has 4 rings (SSSR count). The van der Waals surface area contributed by atoms with Gasteiger partial charge in [0.15, 0.2) is 0 Å². The molecular weight excluding hydrogens is 278 g/mol. The van der Waals surface area contributed by atoms with Crippen molar-refractivity contribution in [3.8, 4) is 11.4 Å². The molecule has 5 heteroatoms. The molecule has 92 valence electrons. The van der Waals surface area contributed by atoms with Crippen molar-refractivity contribution < 1.29 is 0 Å². The molecule has 0 aliphatic heterocycles. The van der Waals surface area contributed by atoms with Crippen LogP contribution in [-0.2, 0) is 0 Å². The highest BCUT2D eigenvalue weighted by Crippen LogP contribution is 2.29. The molecule has 4 aromatic rings. The molecule has 19 heavy (non-hydrogen) atoms. The Bertz CT molecular complexity index is 894. The lowest BCUT2D eigenvalue weighted by Crippen LogP contribution is -1.79. The van der Waals surface area contributed by atoms with Gasteiger partial charge >= 0.3 is 0 Å². The second-order valence-corrected chi connectivity index (χ2v) is 5.81. The first kappa shape index (κ1) is 11.0. The molecule has 0 saturated heterocycles. The number of nitrogens with one attached hydrogen (secondary N) is 1. The third kappa shape index (κ3) is 1.72. The van der Waals surface area contributed by atoms with Gasteiger partial charge in [0.05, 0.1) is 27.1 Å². The van der Waals surface area contributed by atoms with Crippen LogP contribution >= 0.6 is 22.9 Å². The Morgan fingerprint density at radius 3 is 2.95 bits per heavy atom. The van der Waals surface area contributed by atoms with Crippen molar-refractivity contribution >= 4 is 44.9 Å². The van der Waals surface area contributed by atoms with E-state index in [4.69, 9.17) is 11.6 Å². The lowest BCUT2D eigenvalue weighted by atomic mass is 10.2. The van der Waals surface area contributed by atoms with E-state index >= 15 is 0 Å². The van der Waals surface area contributed by atoms with Gasteiger partial charge in [-0.3, -0.25) is 4.98 Å². The summed E-state index contributed by atoms with van der Waals surface area (Å²) in [6, 6.07) is 9.92. The van der Waals surface area contributed by atoms with Crippen LogP contribution in [0, 0.1) is 0 Å². The molecule has 1 N–H and O–H groups in total. The number of hydrogen-bond donors (Lipinski definition) is 1. The van der Waals surface area contributed by atoms with Crippen molar-refractivity contribution in [2.45, 2.75) is 0 Å². The number of pyridine rings is 1. The minimum absolute atomic E-state index is 0.762. The molecule has 1 aromatic carbocycles. The smallest absolute Gasteiger partial charge is 0.139 e. The summed E-state index contributed by atoms with van der Waals surface area (Å²) in [5.41, 5.74) is 3.85. The van der Waals surface area contributed by atoms with Gasteiger partial charge in [0.2, 0.25) is 0 Å². The average Bonchev–Trinajstić information content (AvgIpc) is 3.04. The number of benzene rings is 1. The summed E-state index contributed by atoms with van der Waals surface area (Å²) in [6.45, 7) is 0. The van der Waals surface area contributed by atoms with E-state index in [0.717, 1.165) is 37.7 Å². The van der Waals surface area contributed by atoms with Crippen molar-refractivity contribution in [2.24, 2.45) is 0 Å². The highest BCUT2D eigenvalue weighted by molar-refractivity contribution is 7.14. The molecular formula is C14H8ClN3S. The monoisotopic (exact) mass is 285 g/mol. The maximum absolute atomic E-state index is 5.97. The number of rotatable bonds is 1. The molecule has 0 atom stereocenters. The van der Waals surface area contributed by atoms with Gasteiger partial charge in [-0.05, 0) is 12.1 Å². The van der Waals surface area contributed by atoms with E-state index < -0.39 is 0 Å². The van der Waals surface area contributed by atoms with Crippen LogP contribution in [0.15, 0.2) is 41.9 Å². The maximum Gasteiger partial charge on any atom is 0.139 e. The predicted molar refractivity (Wildman–Crippen MR) is 79.7 cm³/mol. The molecule has 0 spiro atoms. The minimum Gasteiger partial charge on any atom is -0.337 e. The third-order valence-corrected chi connectivity index (χ3v) is 4.16. The van der Waals surface area contributed by atoms with Gasteiger partial charge in [-0.1, -0.05) is 29.8 Å². The average molecular weight is 286 g/mol. The first-order chi connectivity index (χ1) is 9.31. The number of fused-ring (bicyclic) bond motifs is 3. The molecule has 0 unspecified atom stereocenters. The highest BCUT2D eigenvalue weighted by atomic mass is 35.5. The third-order valence-electron chi connectivity index (χ3n) is 3.06. The molecule has 0 saturated carbocycles. The number of para-hydroxylation sites is 1. The number of aromatic amines is 1. The van der Waals surface area contributed by atoms with Gasteiger partial charge < -0.3 is 4.98 Å². The Balaban J connectivity index is 2.03. The van der Waals surface area contributed by atoms with E-state index in [-0.39, 0.29) is 0 Å². The molecule has 0 amide bonds. The van der Waals surface area contributed by atoms with Crippen molar-refractivity contribution in [2.75, 3.05) is 0 Å². The number of thiophene rings is 1. The zero-order valence-electron chi connectivity index (χ0n) is 9.72. The SMILES string of the molecule is Clc1cc(-c2nc3c(cnc4ccccc43)[nH]2)cs1. The van der Waals surface area contributed by atoms with Crippen LogP contribution in [0.3, 0.4) is 0 Å². The summed E-state index contributed by atoms with van der Waals surface area (Å²) >= 11 is 7.47. The largest absolute Gasteiger partial charge is 0.337 e. The first-order valence-electron chi connectivity index (χ1n) is 5.79. The van der Waals surface area contributed by atoms with Gasteiger partial charge in [0.25, 0.3) is 0 Å². The van der Waals surface area contributed by atoms with Crippen LogP contribution in [0.1, 0.15) is 0 Å². The van der Waals surface area contributed by atoms with Crippen LogP contribution in [0.25, 0.3) is 33.3 Å². The van der Waals surface area contributed by atoms with Gasteiger partial charge in [0, 0.05) is 16.3 Å². The number of imidazole rings is 1. The van der Waals surface area contributed by atoms with Crippen molar-refractivity contribution in [3.05, 3.63) is 46.2 Å². The zero-order valence-corrected chi connectivity index (χ0v) is 11.3. The molecule has 0 aliphatic carbocycles. The summed E-state index contributed by atoms with van der Waals surface area (Å²) in [5.74, 6) is 0.830. The van der Waals surface area contributed by atoms with Gasteiger partial charge in [-0.25, -0.2) is 4.98 Å². The van der Waals surface area contributed by atoms with Crippen LogP contribution in [0.4, 0.5) is 0 Å². The summed E-state index contributed by atoms with van der Waals surface area (Å²) in [6.07, 6.45) is 1.82. The topological polar surface area (TPSA) is 41.6 Å². The predicted octanol–water partition coefficient (Wildman–Crippen LogP) is 4.49. The fourth-order valence-corrected chi connectivity index (χ4v) is 3.04. The summed E-state index contributed by atoms with van der Waals surface area (Å²) in [4.78, 5) is 12.4. The Hall–Kier alpha value is -1.91. The van der Waals surface area contributed by atoms with Crippen molar-refractivity contribution in [1.82, 2.24) is 15.0 Å². The molecule has 0 bridgehead atoms. The van der Waals surface area contributed by atoms with Crippen LogP contribution in [0.5, 0.6) is 0 Å². The number of aromatic nitrogens is 3. The molecule has 0 radical (unpaired) electrons. The van der Waals surface area contributed by atoms with E-state index in [2.05, 4.69) is 15.0 Å². The minimum atomic E-state index is 0.762. The Morgan fingerprint density at radius 2 is 2.11 bits per heavy atom. The Morgan fingerprint density at radius 1 is 1.21 bits per heavy atom. The number of H-pyrrole nitrogens is 1. The highest BCUT2D eigenvalue weighted by Gasteiger charge is 2.10. The van der Waals surface area contributed by atoms with Crippen LogP contribution < -0.4 is 0 Å². The standard InChI is InChI=1S/C14H8ClN3S/c15-12-5-8(7-19-12)14-17-11-6-16-10-4-2-1-3-9(10)13(11)18-14/h1-7H,(H,17,18). The normalized spacial score (nSPS) is 11.4. The Kier molecular flexibility index (Phi) is 2.33. The first-order valence-corrected chi connectivity index (χ1v) is 7.05. The van der Waals surface area contributed by atoms with Crippen LogP contribution in [-0.4, -0.2) is 15.0 Å². The van der Waals surface area contributed by atoms with Gasteiger partial charge in [-0.2, -0.15) is 0 Å². The lowest BCUT2D eigenvalue weighted by molar-refractivity contribution is 1.34. The summed E-state index contributed by atoms with van der Waals surface area (Å²) in [7, 11) is 0. The molecule has 0 aliphatic rings. The number of nitrogens with zero attached hydrogens (tertiary/aromatic N) is 2. The van der Waals surface area contributed by atoms with Crippen LogP contribution in [0.2, 0.25) is 4.34 Å². The van der Waals surface area contributed by atoms with Crippen molar-refractivity contribution in [3.63, 3.8) is 0 Å². The van der Waals surface area contributed by atoms with Crippen molar-refractivity contribution in [1.29, 1.82) is 0 Å². The van der Waals surface area contributed by atoms with Gasteiger partial charge in [0.1, 0.15) is 5.82 Å². The fourth-order valence-electron chi connectivity index (χ4n) is 2.18. The fraction of sp³-hybridized carbons (Fsp3) is 0. The summed E-state index contributed by atoms with van der Waals surface area (Å²) in [5, 5.41) is 3.05. The quantitative estimate of drug-likeness (QED) is 0.560. The van der Waals surface area contributed by atoms with E-state index in [1.807, 2.05) is 41.9 Å². The second-order valence-electron chi connectivity index (χ2n) is 4.26. The lowest BCUT2D eigenvalue weighted by Gasteiger charge is -1.95. The second kappa shape index (κ2) is 4.05. The molecule has 3 aromatic heterocycles. The van der Waals surface area contributed by atoms with Gasteiger partial charge in [-0.15, -0.1) is 11.3 Å². The number of halogens is 1. The van der Waals surface area contributed by atoms with E-state index in [1.54, 1.807) is 0 Å².